The number of ether oxygens (including phenoxy) is 1. The van der Waals surface area contributed by atoms with Crippen molar-refractivity contribution in [1.82, 2.24) is 0 Å². The molecule has 0 bridgehead atoms. The molecule has 2 aromatic carbocycles. The third kappa shape index (κ3) is 3.32. The van der Waals surface area contributed by atoms with Crippen molar-refractivity contribution < 1.29 is 27.9 Å². The zero-order valence-corrected chi connectivity index (χ0v) is 12.8. The van der Waals surface area contributed by atoms with Crippen LogP contribution in [0.15, 0.2) is 53.7 Å². The molecule has 24 heavy (non-hydrogen) atoms. The van der Waals surface area contributed by atoms with E-state index in [1.807, 2.05) is 0 Å². The molecule has 0 aliphatic carbocycles. The number of rotatable bonds is 3. The van der Waals surface area contributed by atoms with Gasteiger partial charge >= 0.3 is 12.0 Å². The number of alkyl halides is 3. The molecule has 4 nitrogen and oxygen atoms in total. The molecule has 0 amide bonds. The highest BCUT2D eigenvalue weighted by Crippen LogP contribution is 2.39. The van der Waals surface area contributed by atoms with Crippen molar-refractivity contribution in [1.29, 1.82) is 0 Å². The number of aliphatic hydroxyl groups is 1. The zero-order chi connectivity index (χ0) is 17.4. The zero-order valence-electron chi connectivity index (χ0n) is 12.0. The second-order valence-corrected chi connectivity index (χ2v) is 5.60. The second kappa shape index (κ2) is 5.99. The Balaban J connectivity index is 1.70. The average molecular weight is 358 g/mol. The normalized spacial score (nSPS) is 20.5. The number of oxime groups is 1. The smallest absolute Gasteiger partial charge is 0.457 e. The van der Waals surface area contributed by atoms with Gasteiger partial charge in [0.25, 0.3) is 0 Å². The number of nitrogens with zero attached hydrogens (tertiary/aromatic N) is 1. The van der Waals surface area contributed by atoms with Gasteiger partial charge in [-0.25, -0.2) is 0 Å². The van der Waals surface area contributed by atoms with Crippen molar-refractivity contribution in [3.05, 3.63) is 59.1 Å². The molecule has 0 spiro atoms. The van der Waals surface area contributed by atoms with Gasteiger partial charge in [0.05, 0.1) is 12.1 Å². The summed E-state index contributed by atoms with van der Waals surface area (Å²) in [6.07, 6.45) is -5.69. The van der Waals surface area contributed by atoms with Crippen LogP contribution in [0.3, 0.4) is 0 Å². The monoisotopic (exact) mass is 357 g/mol. The molecular formula is C16H11ClF3NO3. The van der Waals surface area contributed by atoms with E-state index in [0.717, 1.165) is 0 Å². The van der Waals surface area contributed by atoms with Crippen LogP contribution in [-0.2, 0) is 4.84 Å². The van der Waals surface area contributed by atoms with Gasteiger partial charge in [0.15, 0.2) is 0 Å². The molecule has 1 atom stereocenters. The van der Waals surface area contributed by atoms with Crippen molar-refractivity contribution in [2.75, 3.05) is 0 Å². The van der Waals surface area contributed by atoms with Gasteiger partial charge in [-0.1, -0.05) is 16.8 Å². The fraction of sp³-hybridized carbons (Fsp3) is 0.188. The van der Waals surface area contributed by atoms with Gasteiger partial charge in [-0.15, -0.1) is 0 Å². The van der Waals surface area contributed by atoms with Gasteiger partial charge in [0, 0.05) is 5.02 Å². The lowest BCUT2D eigenvalue weighted by Crippen LogP contribution is -2.45. The van der Waals surface area contributed by atoms with E-state index in [2.05, 4.69) is 9.99 Å². The van der Waals surface area contributed by atoms with Crippen molar-refractivity contribution in [3.8, 4) is 11.5 Å². The van der Waals surface area contributed by atoms with E-state index in [9.17, 15) is 18.3 Å². The molecule has 0 aromatic heterocycles. The Bertz CT molecular complexity index is 760. The largest absolute Gasteiger partial charge is 0.458 e. The van der Waals surface area contributed by atoms with E-state index < -0.39 is 18.4 Å². The van der Waals surface area contributed by atoms with Gasteiger partial charge in [0.2, 0.25) is 0 Å². The van der Waals surface area contributed by atoms with Crippen molar-refractivity contribution in [2.45, 2.75) is 18.4 Å². The van der Waals surface area contributed by atoms with Gasteiger partial charge in [-0.05, 0) is 54.1 Å². The van der Waals surface area contributed by atoms with E-state index in [1.54, 1.807) is 36.4 Å². The van der Waals surface area contributed by atoms with Crippen LogP contribution in [-0.4, -0.2) is 22.8 Å². The first-order chi connectivity index (χ1) is 11.3. The fourth-order valence-electron chi connectivity index (χ4n) is 2.08. The van der Waals surface area contributed by atoms with Crippen LogP contribution in [0.5, 0.6) is 11.5 Å². The summed E-state index contributed by atoms with van der Waals surface area (Å²) in [6, 6.07) is 13.0. The van der Waals surface area contributed by atoms with Gasteiger partial charge in [0.1, 0.15) is 11.5 Å². The minimum Gasteiger partial charge on any atom is -0.457 e. The van der Waals surface area contributed by atoms with Crippen LogP contribution in [0.4, 0.5) is 13.2 Å². The summed E-state index contributed by atoms with van der Waals surface area (Å²) in [4.78, 5) is 4.18. The quantitative estimate of drug-likeness (QED) is 0.879. The molecule has 0 saturated heterocycles. The first-order valence-corrected chi connectivity index (χ1v) is 7.23. The molecule has 1 aliphatic heterocycles. The maximum atomic E-state index is 12.7. The predicted octanol–water partition coefficient (Wildman–Crippen LogP) is 4.51. The molecule has 126 valence electrons. The predicted molar refractivity (Wildman–Crippen MR) is 81.2 cm³/mol. The Labute approximate surface area is 140 Å². The fourth-order valence-corrected chi connectivity index (χ4v) is 2.21. The number of hydrogen-bond acceptors (Lipinski definition) is 4. The number of halogens is 4. The Kier molecular flexibility index (Phi) is 4.15. The number of hydrogen-bond donors (Lipinski definition) is 1. The molecule has 1 N–H and O–H groups in total. The molecule has 2 aromatic rings. The Morgan fingerprint density at radius 1 is 1.04 bits per heavy atom. The van der Waals surface area contributed by atoms with Gasteiger partial charge < -0.3 is 14.7 Å². The number of benzene rings is 2. The van der Waals surface area contributed by atoms with Gasteiger partial charge in [-0.2, -0.15) is 13.2 Å². The summed E-state index contributed by atoms with van der Waals surface area (Å²) >= 11 is 5.78. The third-order valence-corrected chi connectivity index (χ3v) is 3.65. The average Bonchev–Trinajstić information content (AvgIpc) is 2.94. The van der Waals surface area contributed by atoms with E-state index in [1.165, 1.54) is 12.1 Å². The Morgan fingerprint density at radius 2 is 1.58 bits per heavy atom. The molecule has 8 heteroatoms. The first kappa shape index (κ1) is 16.6. The van der Waals surface area contributed by atoms with Crippen molar-refractivity contribution >= 4 is 17.3 Å². The van der Waals surface area contributed by atoms with Crippen LogP contribution in [0.25, 0.3) is 0 Å². The highest BCUT2D eigenvalue weighted by atomic mass is 35.5. The van der Waals surface area contributed by atoms with E-state index >= 15 is 0 Å². The summed E-state index contributed by atoms with van der Waals surface area (Å²) in [6.45, 7) is 0. The van der Waals surface area contributed by atoms with Crippen LogP contribution < -0.4 is 4.74 Å². The van der Waals surface area contributed by atoms with E-state index in [4.69, 9.17) is 16.3 Å². The van der Waals surface area contributed by atoms with Crippen LogP contribution in [0.2, 0.25) is 5.02 Å². The lowest BCUT2D eigenvalue weighted by molar-refractivity contribution is -0.355. The minimum atomic E-state index is -4.92. The molecule has 0 fully saturated rings. The molecular weight excluding hydrogens is 347 g/mol. The lowest BCUT2D eigenvalue weighted by atomic mass is 10.0. The maximum Gasteiger partial charge on any atom is 0.458 e. The topological polar surface area (TPSA) is 51.0 Å². The van der Waals surface area contributed by atoms with Crippen LogP contribution in [0, 0.1) is 0 Å². The summed E-state index contributed by atoms with van der Waals surface area (Å²) in [5.74, 6) is -2.22. The maximum absolute atomic E-state index is 12.7. The Morgan fingerprint density at radius 3 is 2.08 bits per heavy atom. The lowest BCUT2D eigenvalue weighted by Gasteiger charge is -2.22. The molecule has 1 aliphatic rings. The highest BCUT2D eigenvalue weighted by molar-refractivity contribution is 6.30. The highest BCUT2D eigenvalue weighted by Gasteiger charge is 2.60. The van der Waals surface area contributed by atoms with Gasteiger partial charge in [-0.3, -0.25) is 0 Å². The summed E-state index contributed by atoms with van der Waals surface area (Å²) in [5.41, 5.74) is 0.409. The minimum absolute atomic E-state index is 0.00729. The Hall–Kier alpha value is -2.25. The summed E-state index contributed by atoms with van der Waals surface area (Å²) in [7, 11) is 0. The van der Waals surface area contributed by atoms with Crippen LogP contribution >= 0.6 is 11.6 Å². The van der Waals surface area contributed by atoms with E-state index in [0.29, 0.717) is 22.1 Å². The first-order valence-electron chi connectivity index (χ1n) is 6.85. The van der Waals surface area contributed by atoms with Crippen molar-refractivity contribution in [2.24, 2.45) is 5.16 Å². The van der Waals surface area contributed by atoms with E-state index in [-0.39, 0.29) is 5.71 Å². The molecule has 1 heterocycles. The van der Waals surface area contributed by atoms with Crippen molar-refractivity contribution in [3.63, 3.8) is 0 Å². The molecule has 3 rings (SSSR count). The SMILES string of the molecule is OC1(C(F)(F)F)CC(c2ccc(Oc3ccc(Cl)cc3)cc2)=NO1. The third-order valence-electron chi connectivity index (χ3n) is 3.39. The van der Waals surface area contributed by atoms with Crippen LogP contribution in [0.1, 0.15) is 12.0 Å². The molecule has 1 unspecified atom stereocenters. The molecule has 0 radical (unpaired) electrons. The second-order valence-electron chi connectivity index (χ2n) is 5.17. The standard InChI is InChI=1S/C16H11ClF3NO3/c17-11-3-7-13(8-4-11)23-12-5-1-10(2-6-12)14-9-15(22,24-21-14)16(18,19)20/h1-8,22H,9H2. The summed E-state index contributed by atoms with van der Waals surface area (Å²) < 4.78 is 43.7. The molecule has 0 saturated carbocycles. The summed E-state index contributed by atoms with van der Waals surface area (Å²) in [5, 5.41) is 13.4.